The topological polar surface area (TPSA) is 73.6 Å². The van der Waals surface area contributed by atoms with Crippen LogP contribution in [0.4, 0.5) is 5.69 Å². The Morgan fingerprint density at radius 3 is 2.83 bits per heavy atom. The van der Waals surface area contributed by atoms with E-state index in [2.05, 4.69) is 5.32 Å². The third kappa shape index (κ3) is 6.01. The number of hydrogen-bond donors (Lipinski definition) is 2. The largest absolute Gasteiger partial charge is 0.489 e. The van der Waals surface area contributed by atoms with E-state index in [9.17, 15) is 4.79 Å². The molecule has 0 radical (unpaired) electrons. The molecule has 2 atom stereocenters. The molecule has 0 bridgehead atoms. The Bertz CT molecular complexity index is 511. The van der Waals surface area contributed by atoms with Gasteiger partial charge >= 0.3 is 0 Å². The molecule has 130 valence electrons. The minimum atomic E-state index is -0.00289. The van der Waals surface area contributed by atoms with Crippen LogP contribution in [0.1, 0.15) is 31.2 Å². The third-order valence-electron chi connectivity index (χ3n) is 4.03. The molecule has 3 N–H and O–H groups in total. The summed E-state index contributed by atoms with van der Waals surface area (Å²) in [6.07, 6.45) is 3.70. The average molecular weight is 343 g/mol. The number of anilines is 1. The van der Waals surface area contributed by atoms with Gasteiger partial charge in [-0.05, 0) is 43.9 Å². The third-order valence-corrected chi connectivity index (χ3v) is 4.03. The highest BCUT2D eigenvalue weighted by molar-refractivity contribution is 5.94. The summed E-state index contributed by atoms with van der Waals surface area (Å²) in [6.45, 7) is 2.96. The lowest BCUT2D eigenvalue weighted by atomic mass is 9.85. The lowest BCUT2D eigenvalue weighted by Gasteiger charge is -2.26. The van der Waals surface area contributed by atoms with E-state index < -0.39 is 0 Å². The summed E-state index contributed by atoms with van der Waals surface area (Å²) < 4.78 is 10.7. The van der Waals surface area contributed by atoms with Crippen molar-refractivity contribution in [1.82, 2.24) is 0 Å². The fourth-order valence-electron chi connectivity index (χ4n) is 2.79. The van der Waals surface area contributed by atoms with E-state index in [1.165, 1.54) is 0 Å². The zero-order valence-electron chi connectivity index (χ0n) is 13.8. The summed E-state index contributed by atoms with van der Waals surface area (Å²) in [5.41, 5.74) is 7.77. The molecule has 1 aliphatic carbocycles. The van der Waals surface area contributed by atoms with Crippen molar-refractivity contribution in [3.8, 4) is 5.75 Å². The van der Waals surface area contributed by atoms with Crippen LogP contribution in [0.5, 0.6) is 5.75 Å². The quantitative estimate of drug-likeness (QED) is 0.779. The van der Waals surface area contributed by atoms with Gasteiger partial charge in [-0.1, -0.05) is 12.5 Å². The number of hydrogen-bond acceptors (Lipinski definition) is 4. The van der Waals surface area contributed by atoms with Crippen LogP contribution in [0, 0.1) is 12.8 Å². The van der Waals surface area contributed by atoms with E-state index in [1.54, 1.807) is 7.11 Å². The van der Waals surface area contributed by atoms with E-state index in [0.717, 1.165) is 31.2 Å². The predicted molar refractivity (Wildman–Crippen MR) is 94.4 cm³/mol. The molecule has 1 saturated carbocycles. The maximum absolute atomic E-state index is 12.4. The first-order valence-electron chi connectivity index (χ1n) is 7.89. The van der Waals surface area contributed by atoms with E-state index in [0.29, 0.717) is 24.7 Å². The van der Waals surface area contributed by atoms with Gasteiger partial charge in [-0.15, -0.1) is 12.4 Å². The fourth-order valence-corrected chi connectivity index (χ4v) is 2.79. The highest BCUT2D eigenvalue weighted by Crippen LogP contribution is 2.29. The molecule has 1 aliphatic rings. The Morgan fingerprint density at radius 2 is 2.13 bits per heavy atom. The molecular weight excluding hydrogens is 316 g/mol. The fraction of sp³-hybridized carbons (Fsp3) is 0.588. The van der Waals surface area contributed by atoms with E-state index >= 15 is 0 Å². The Labute approximate surface area is 144 Å². The van der Waals surface area contributed by atoms with Gasteiger partial charge in [0.1, 0.15) is 12.4 Å². The molecule has 0 aromatic heterocycles. The molecule has 1 amide bonds. The number of halogens is 1. The molecule has 5 nitrogen and oxygen atoms in total. The molecule has 1 fully saturated rings. The highest BCUT2D eigenvalue weighted by atomic mass is 35.5. The number of nitrogens with two attached hydrogens (primary N) is 1. The van der Waals surface area contributed by atoms with Crippen molar-refractivity contribution in [2.24, 2.45) is 11.7 Å². The van der Waals surface area contributed by atoms with Crippen molar-refractivity contribution < 1.29 is 14.3 Å². The first-order chi connectivity index (χ1) is 10.6. The monoisotopic (exact) mass is 342 g/mol. The van der Waals surface area contributed by atoms with Gasteiger partial charge in [-0.2, -0.15) is 0 Å². The van der Waals surface area contributed by atoms with Gasteiger partial charge < -0.3 is 20.5 Å². The van der Waals surface area contributed by atoms with Gasteiger partial charge in [0.25, 0.3) is 0 Å². The van der Waals surface area contributed by atoms with Crippen LogP contribution >= 0.6 is 12.4 Å². The van der Waals surface area contributed by atoms with Crippen LogP contribution in [0.2, 0.25) is 0 Å². The second kappa shape index (κ2) is 9.75. The van der Waals surface area contributed by atoms with Gasteiger partial charge in [0.15, 0.2) is 0 Å². The number of carbonyl (C=O) groups excluding carboxylic acids is 1. The first kappa shape index (κ1) is 19.7. The van der Waals surface area contributed by atoms with Crippen LogP contribution in [0.15, 0.2) is 18.2 Å². The maximum Gasteiger partial charge on any atom is 0.227 e. The number of amides is 1. The van der Waals surface area contributed by atoms with E-state index in [4.69, 9.17) is 15.2 Å². The zero-order chi connectivity index (χ0) is 15.9. The van der Waals surface area contributed by atoms with Crippen molar-refractivity contribution in [1.29, 1.82) is 0 Å². The average Bonchev–Trinajstić information content (AvgIpc) is 2.50. The summed E-state index contributed by atoms with van der Waals surface area (Å²) in [4.78, 5) is 12.4. The first-order valence-corrected chi connectivity index (χ1v) is 7.89. The van der Waals surface area contributed by atoms with Crippen molar-refractivity contribution in [2.75, 3.05) is 25.6 Å². The number of nitrogens with one attached hydrogen (secondary N) is 1. The van der Waals surface area contributed by atoms with Crippen molar-refractivity contribution in [3.63, 3.8) is 0 Å². The van der Waals surface area contributed by atoms with E-state index in [1.807, 2.05) is 25.1 Å². The molecule has 1 aromatic carbocycles. The Kier molecular flexibility index (Phi) is 8.37. The lowest BCUT2D eigenvalue weighted by molar-refractivity contribution is -0.120. The van der Waals surface area contributed by atoms with Crippen LogP contribution in [0.3, 0.4) is 0 Å². The van der Waals surface area contributed by atoms with Gasteiger partial charge in [0.2, 0.25) is 5.91 Å². The number of rotatable bonds is 6. The summed E-state index contributed by atoms with van der Waals surface area (Å²) in [5.74, 6) is 0.720. The van der Waals surface area contributed by atoms with E-state index in [-0.39, 0.29) is 30.3 Å². The molecule has 2 rings (SSSR count). The van der Waals surface area contributed by atoms with Gasteiger partial charge in [-0.25, -0.2) is 0 Å². The van der Waals surface area contributed by atoms with Gasteiger partial charge in [-0.3, -0.25) is 4.79 Å². The number of methoxy groups -OCH3 is 1. The lowest BCUT2D eigenvalue weighted by Crippen LogP contribution is -2.34. The SMILES string of the molecule is COCCOc1cc(C)ccc1NC(=O)C1CCCC(N)C1.Cl. The summed E-state index contributed by atoms with van der Waals surface area (Å²) in [6, 6.07) is 5.92. The summed E-state index contributed by atoms with van der Waals surface area (Å²) >= 11 is 0. The molecule has 1 aromatic rings. The maximum atomic E-state index is 12.4. The molecule has 0 spiro atoms. The molecule has 2 unspecified atom stereocenters. The highest BCUT2D eigenvalue weighted by Gasteiger charge is 2.25. The Hall–Kier alpha value is -1.30. The minimum Gasteiger partial charge on any atom is -0.489 e. The number of benzene rings is 1. The molecule has 23 heavy (non-hydrogen) atoms. The smallest absolute Gasteiger partial charge is 0.227 e. The van der Waals surface area contributed by atoms with Crippen LogP contribution < -0.4 is 15.8 Å². The van der Waals surface area contributed by atoms with Crippen LogP contribution in [-0.2, 0) is 9.53 Å². The molecule has 0 heterocycles. The summed E-state index contributed by atoms with van der Waals surface area (Å²) in [7, 11) is 1.63. The number of aryl methyl sites for hydroxylation is 1. The van der Waals surface area contributed by atoms with Crippen molar-refractivity contribution in [2.45, 2.75) is 38.6 Å². The van der Waals surface area contributed by atoms with Crippen LogP contribution in [-0.4, -0.2) is 32.3 Å². The Balaban J connectivity index is 0.00000264. The standard InChI is InChI=1S/C17H26N2O3.ClH/c1-12-6-7-15(16(10-12)22-9-8-21-2)19-17(20)13-4-3-5-14(18)11-13;/h6-7,10,13-14H,3-5,8-9,11,18H2,1-2H3,(H,19,20);1H. The predicted octanol–water partition coefficient (Wildman–Crippen LogP) is 2.90. The van der Waals surface area contributed by atoms with Gasteiger partial charge in [0, 0.05) is 19.1 Å². The van der Waals surface area contributed by atoms with Crippen molar-refractivity contribution >= 4 is 24.0 Å². The second-order valence-electron chi connectivity index (χ2n) is 5.95. The zero-order valence-corrected chi connectivity index (χ0v) is 14.7. The number of carbonyl (C=O) groups is 1. The normalized spacial score (nSPS) is 20.5. The Morgan fingerprint density at radius 1 is 1.35 bits per heavy atom. The summed E-state index contributed by atoms with van der Waals surface area (Å²) in [5, 5.41) is 2.99. The van der Waals surface area contributed by atoms with Gasteiger partial charge in [0.05, 0.1) is 12.3 Å². The van der Waals surface area contributed by atoms with Crippen LogP contribution in [0.25, 0.3) is 0 Å². The molecular formula is C17H27ClN2O3. The molecule has 0 saturated heterocycles. The van der Waals surface area contributed by atoms with Crippen molar-refractivity contribution in [3.05, 3.63) is 23.8 Å². The molecule has 0 aliphatic heterocycles. The molecule has 6 heteroatoms. The number of ether oxygens (including phenoxy) is 2. The minimum absolute atomic E-state index is 0. The second-order valence-corrected chi connectivity index (χ2v) is 5.95.